The van der Waals surface area contributed by atoms with Gasteiger partial charge in [0.25, 0.3) is 0 Å². The summed E-state index contributed by atoms with van der Waals surface area (Å²) < 4.78 is 4.45. The van der Waals surface area contributed by atoms with Crippen LogP contribution in [-0.4, -0.2) is 17.5 Å². The standard InChI is InChI=1S/C6H6O3S/c1-9-6(8)10-3-2-5(7)4-10/h2-4H,1H3/p+1. The Labute approximate surface area is 60.8 Å². The van der Waals surface area contributed by atoms with Crippen molar-refractivity contribution < 1.29 is 14.6 Å². The Balaban J connectivity index is 2.85. The van der Waals surface area contributed by atoms with Gasteiger partial charge in [0, 0.05) is 6.07 Å². The first-order chi connectivity index (χ1) is 4.74. The molecule has 1 heterocycles. The van der Waals surface area contributed by atoms with E-state index in [-0.39, 0.29) is 11.1 Å². The number of aromatic hydroxyl groups is 1. The lowest BCUT2D eigenvalue weighted by atomic mass is 10.6. The third-order valence-corrected chi connectivity index (χ3v) is 2.47. The van der Waals surface area contributed by atoms with Gasteiger partial charge in [-0.2, -0.15) is 4.79 Å². The van der Waals surface area contributed by atoms with Gasteiger partial charge in [-0.05, 0) is 0 Å². The van der Waals surface area contributed by atoms with Crippen LogP contribution in [0.5, 0.6) is 5.75 Å². The van der Waals surface area contributed by atoms with E-state index in [1.165, 1.54) is 18.6 Å². The van der Waals surface area contributed by atoms with Gasteiger partial charge >= 0.3 is 5.30 Å². The average Bonchev–Trinajstić information content (AvgIpc) is 2.34. The summed E-state index contributed by atoms with van der Waals surface area (Å²) in [4.78, 5) is 10.7. The minimum Gasteiger partial charge on any atom is -0.503 e. The number of thiophene rings is 1. The second kappa shape index (κ2) is 2.70. The zero-order valence-electron chi connectivity index (χ0n) is 5.40. The largest absolute Gasteiger partial charge is 0.554 e. The summed E-state index contributed by atoms with van der Waals surface area (Å²) in [5.41, 5.74) is 0. The quantitative estimate of drug-likeness (QED) is 0.501. The highest BCUT2D eigenvalue weighted by atomic mass is 32.2. The molecule has 54 valence electrons. The molecule has 1 aromatic rings. The van der Waals surface area contributed by atoms with Crippen LogP contribution in [0.3, 0.4) is 0 Å². The maximum Gasteiger partial charge on any atom is 0.554 e. The SMILES string of the molecule is COC(=O)[s+]1ccc(O)c1. The highest BCUT2D eigenvalue weighted by Crippen LogP contribution is 2.25. The lowest BCUT2D eigenvalue weighted by Crippen LogP contribution is -1.88. The van der Waals surface area contributed by atoms with Crippen LogP contribution in [0.2, 0.25) is 0 Å². The molecule has 1 unspecified atom stereocenters. The van der Waals surface area contributed by atoms with Gasteiger partial charge in [0.05, 0.1) is 17.6 Å². The predicted molar refractivity (Wildman–Crippen MR) is 38.4 cm³/mol. The van der Waals surface area contributed by atoms with E-state index in [0.29, 0.717) is 0 Å². The zero-order chi connectivity index (χ0) is 7.56. The van der Waals surface area contributed by atoms with Gasteiger partial charge in [-0.1, -0.05) is 0 Å². The van der Waals surface area contributed by atoms with Crippen molar-refractivity contribution in [2.75, 3.05) is 7.11 Å². The number of ether oxygens (including phenoxy) is 1. The maximum atomic E-state index is 10.7. The predicted octanol–water partition coefficient (Wildman–Crippen LogP) is 1.76. The second-order valence-corrected chi connectivity index (χ2v) is 3.26. The molecule has 0 radical (unpaired) electrons. The van der Waals surface area contributed by atoms with Gasteiger partial charge < -0.3 is 9.84 Å². The molecular weight excluding hydrogens is 152 g/mol. The van der Waals surface area contributed by atoms with Gasteiger partial charge in [0.2, 0.25) is 0 Å². The molecule has 1 aromatic heterocycles. The highest BCUT2D eigenvalue weighted by molar-refractivity contribution is 7.48. The number of rotatable bonds is 1. The van der Waals surface area contributed by atoms with Crippen molar-refractivity contribution >= 4 is 15.8 Å². The molecule has 4 heteroatoms. The third kappa shape index (κ3) is 1.27. The van der Waals surface area contributed by atoms with Crippen molar-refractivity contribution in [3.05, 3.63) is 16.8 Å². The average molecular weight is 159 g/mol. The van der Waals surface area contributed by atoms with Gasteiger partial charge in [0.1, 0.15) is 0 Å². The maximum absolute atomic E-state index is 10.7. The number of hydrogen-bond acceptors (Lipinski definition) is 3. The van der Waals surface area contributed by atoms with E-state index in [1.54, 1.807) is 5.38 Å². The van der Waals surface area contributed by atoms with Gasteiger partial charge in [-0.25, -0.2) is 0 Å². The van der Waals surface area contributed by atoms with E-state index in [9.17, 15) is 4.79 Å². The van der Waals surface area contributed by atoms with Gasteiger partial charge in [-0.15, -0.1) is 0 Å². The molecule has 3 nitrogen and oxygen atoms in total. The number of methoxy groups -OCH3 is 1. The van der Waals surface area contributed by atoms with E-state index >= 15 is 0 Å². The molecule has 10 heavy (non-hydrogen) atoms. The summed E-state index contributed by atoms with van der Waals surface area (Å²) in [6.07, 6.45) is 0. The normalized spacial score (nSPS) is 11.1. The first-order valence-corrected chi connectivity index (χ1v) is 3.98. The van der Waals surface area contributed by atoms with E-state index in [2.05, 4.69) is 4.74 Å². The Morgan fingerprint density at radius 2 is 2.50 bits per heavy atom. The fourth-order valence-corrected chi connectivity index (χ4v) is 1.65. The van der Waals surface area contributed by atoms with Crippen molar-refractivity contribution in [3.63, 3.8) is 0 Å². The van der Waals surface area contributed by atoms with Crippen LogP contribution in [-0.2, 0) is 4.74 Å². The number of carbonyl (C=O) groups excluding carboxylic acids is 1. The highest BCUT2D eigenvalue weighted by Gasteiger charge is 2.17. The first kappa shape index (κ1) is 7.08. The molecule has 1 N–H and O–H groups in total. The van der Waals surface area contributed by atoms with Crippen LogP contribution in [0, 0.1) is 0 Å². The van der Waals surface area contributed by atoms with Crippen LogP contribution in [0.15, 0.2) is 16.8 Å². The number of hydrogen-bond donors (Lipinski definition) is 1. The smallest absolute Gasteiger partial charge is 0.503 e. The minimum atomic E-state index is -0.656. The molecule has 0 aliphatic rings. The molecule has 0 saturated heterocycles. The zero-order valence-corrected chi connectivity index (χ0v) is 6.22. The third-order valence-electron chi connectivity index (χ3n) is 0.992. The molecule has 0 spiro atoms. The molecule has 0 aliphatic heterocycles. The summed E-state index contributed by atoms with van der Waals surface area (Å²) in [6, 6.07) is 1.49. The topological polar surface area (TPSA) is 46.5 Å². The molecule has 1 rings (SSSR count). The molecular formula is C6H7O3S+. The summed E-state index contributed by atoms with van der Waals surface area (Å²) >= 11 is 0. The molecule has 1 atom stereocenters. The minimum absolute atomic E-state index is 0.133. The van der Waals surface area contributed by atoms with Gasteiger partial charge in [0.15, 0.2) is 16.5 Å². The van der Waals surface area contributed by atoms with E-state index < -0.39 is 10.5 Å². The first-order valence-electron chi connectivity index (χ1n) is 2.63. The van der Waals surface area contributed by atoms with E-state index in [1.807, 2.05) is 0 Å². The molecule has 0 aromatic carbocycles. The van der Waals surface area contributed by atoms with Crippen LogP contribution >= 0.6 is 10.5 Å². The van der Waals surface area contributed by atoms with Crippen molar-refractivity contribution in [2.24, 2.45) is 0 Å². The summed E-state index contributed by atoms with van der Waals surface area (Å²) in [5.74, 6) is 0.133. The van der Waals surface area contributed by atoms with Crippen LogP contribution < -0.4 is 0 Å². The molecule has 0 aliphatic carbocycles. The van der Waals surface area contributed by atoms with Crippen LogP contribution in [0.1, 0.15) is 0 Å². The molecule has 0 fully saturated rings. The van der Waals surface area contributed by atoms with E-state index in [0.717, 1.165) is 0 Å². The Hall–Kier alpha value is -1.03. The summed E-state index contributed by atoms with van der Waals surface area (Å²) in [5, 5.41) is 11.6. The lowest BCUT2D eigenvalue weighted by Gasteiger charge is -1.81. The fourth-order valence-electron chi connectivity index (χ4n) is 0.552. The second-order valence-electron chi connectivity index (χ2n) is 1.67. The van der Waals surface area contributed by atoms with Crippen LogP contribution in [0.25, 0.3) is 0 Å². The van der Waals surface area contributed by atoms with E-state index in [4.69, 9.17) is 5.11 Å². The Bertz CT molecular complexity index is 241. The van der Waals surface area contributed by atoms with Gasteiger partial charge in [-0.3, -0.25) is 0 Å². The van der Waals surface area contributed by atoms with Crippen LogP contribution in [0.4, 0.5) is 4.79 Å². The Morgan fingerprint density at radius 1 is 1.80 bits per heavy atom. The van der Waals surface area contributed by atoms with Crippen molar-refractivity contribution in [2.45, 2.75) is 0 Å². The summed E-state index contributed by atoms with van der Waals surface area (Å²) in [6.45, 7) is 0. The summed E-state index contributed by atoms with van der Waals surface area (Å²) in [7, 11) is 0.670. The van der Waals surface area contributed by atoms with Crippen molar-refractivity contribution in [1.82, 2.24) is 0 Å². The monoisotopic (exact) mass is 159 g/mol. The van der Waals surface area contributed by atoms with Crippen molar-refractivity contribution in [3.8, 4) is 5.75 Å². The molecule has 0 bridgehead atoms. The molecule has 0 amide bonds. The molecule has 0 saturated carbocycles. The number of carbonyl (C=O) groups is 1. The lowest BCUT2D eigenvalue weighted by molar-refractivity contribution is 0.199. The Kier molecular flexibility index (Phi) is 1.91. The fraction of sp³-hybridized carbons (Fsp3) is 0.167. The Morgan fingerprint density at radius 3 is 2.90 bits per heavy atom. The van der Waals surface area contributed by atoms with Crippen molar-refractivity contribution in [1.29, 1.82) is 0 Å².